The van der Waals surface area contributed by atoms with Gasteiger partial charge in [0.15, 0.2) is 0 Å². The van der Waals surface area contributed by atoms with E-state index in [2.05, 4.69) is 31.2 Å². The summed E-state index contributed by atoms with van der Waals surface area (Å²) in [7, 11) is 0. The monoisotopic (exact) mass is 256 g/mol. The van der Waals surface area contributed by atoms with Gasteiger partial charge >= 0.3 is 0 Å². The zero-order chi connectivity index (χ0) is 13.5. The van der Waals surface area contributed by atoms with E-state index in [0.29, 0.717) is 0 Å². The van der Waals surface area contributed by atoms with Gasteiger partial charge in [0.2, 0.25) is 0 Å². The van der Waals surface area contributed by atoms with Crippen molar-refractivity contribution in [2.45, 2.75) is 51.9 Å². The molecule has 1 nitrogen and oxygen atoms in total. The normalized spacial score (nSPS) is 19.5. The molecule has 0 aromatic heterocycles. The molecule has 2 rings (SSSR count). The molecular weight excluding hydrogens is 232 g/mol. The van der Waals surface area contributed by atoms with E-state index in [1.807, 2.05) is 6.07 Å². The third-order valence-electron chi connectivity index (χ3n) is 4.18. The Balaban J connectivity index is 2.06. The van der Waals surface area contributed by atoms with Crippen LogP contribution in [0.3, 0.4) is 0 Å². The van der Waals surface area contributed by atoms with Gasteiger partial charge in [-0.3, -0.25) is 4.79 Å². The van der Waals surface area contributed by atoms with Gasteiger partial charge in [-0.15, -0.1) is 0 Å². The zero-order valence-corrected chi connectivity index (χ0v) is 11.9. The first-order valence-corrected chi connectivity index (χ1v) is 7.57. The molecule has 1 aliphatic carbocycles. The Labute approximate surface area is 116 Å². The maximum Gasteiger partial charge on any atom is 0.146 e. The second-order valence-electron chi connectivity index (χ2n) is 5.59. The van der Waals surface area contributed by atoms with Crippen LogP contribution in [0.25, 0.3) is 5.57 Å². The Morgan fingerprint density at radius 3 is 2.68 bits per heavy atom. The Hall–Kier alpha value is -1.37. The molecule has 0 radical (unpaired) electrons. The lowest BCUT2D eigenvalue weighted by Gasteiger charge is -2.25. The third-order valence-corrected chi connectivity index (χ3v) is 4.18. The minimum absolute atomic E-state index is 0.721. The highest BCUT2D eigenvalue weighted by atomic mass is 16.1. The van der Waals surface area contributed by atoms with Crippen molar-refractivity contribution in [2.24, 2.45) is 5.92 Å². The maximum atomic E-state index is 11.4. The average molecular weight is 256 g/mol. The van der Waals surface area contributed by atoms with E-state index < -0.39 is 0 Å². The average Bonchev–Trinajstić information content (AvgIpc) is 2.48. The lowest BCUT2D eigenvalue weighted by molar-refractivity contribution is -0.105. The maximum absolute atomic E-state index is 11.4. The first kappa shape index (κ1) is 14.0. The largest absolute Gasteiger partial charge is 0.298 e. The number of unbranched alkanes of at least 4 members (excludes halogenated alkanes) is 2. The Bertz CT molecular complexity index is 430. The topological polar surface area (TPSA) is 17.1 Å². The van der Waals surface area contributed by atoms with Crippen LogP contribution in [0.15, 0.2) is 35.9 Å². The van der Waals surface area contributed by atoms with Crippen LogP contribution in [0.2, 0.25) is 0 Å². The standard InChI is InChI=1S/C18H24O/c1-2-3-5-8-15-11-12-18(17(13-15)14-19)16-9-6-4-7-10-16/h4,6-7,9-10,14-15H,2-3,5,8,11-13H2,1H3. The highest BCUT2D eigenvalue weighted by Crippen LogP contribution is 2.36. The van der Waals surface area contributed by atoms with E-state index in [0.717, 1.165) is 30.6 Å². The summed E-state index contributed by atoms with van der Waals surface area (Å²) in [4.78, 5) is 11.4. The Kier molecular flexibility index (Phi) is 5.38. The number of aldehydes is 1. The van der Waals surface area contributed by atoms with Gasteiger partial charge in [-0.05, 0) is 41.9 Å². The van der Waals surface area contributed by atoms with Gasteiger partial charge in [-0.2, -0.15) is 0 Å². The molecule has 0 heterocycles. The zero-order valence-electron chi connectivity index (χ0n) is 11.9. The fourth-order valence-corrected chi connectivity index (χ4v) is 3.06. The van der Waals surface area contributed by atoms with Crippen LogP contribution in [0.4, 0.5) is 0 Å². The minimum atomic E-state index is 0.721. The van der Waals surface area contributed by atoms with E-state index >= 15 is 0 Å². The Morgan fingerprint density at radius 2 is 2.00 bits per heavy atom. The first-order valence-electron chi connectivity index (χ1n) is 7.57. The van der Waals surface area contributed by atoms with Crippen molar-refractivity contribution in [1.29, 1.82) is 0 Å². The number of benzene rings is 1. The van der Waals surface area contributed by atoms with Crippen molar-refractivity contribution in [2.75, 3.05) is 0 Å². The second kappa shape index (κ2) is 7.28. The van der Waals surface area contributed by atoms with E-state index in [1.165, 1.54) is 43.2 Å². The van der Waals surface area contributed by atoms with Crippen LogP contribution in [0.1, 0.15) is 57.4 Å². The molecule has 0 aliphatic heterocycles. The summed E-state index contributed by atoms with van der Waals surface area (Å²) in [6, 6.07) is 10.4. The van der Waals surface area contributed by atoms with E-state index in [9.17, 15) is 4.79 Å². The molecule has 19 heavy (non-hydrogen) atoms. The van der Waals surface area contributed by atoms with Crippen LogP contribution in [0.5, 0.6) is 0 Å². The fourth-order valence-electron chi connectivity index (χ4n) is 3.06. The van der Waals surface area contributed by atoms with Gasteiger partial charge in [0.25, 0.3) is 0 Å². The lowest BCUT2D eigenvalue weighted by Crippen LogP contribution is -2.11. The van der Waals surface area contributed by atoms with Crippen molar-refractivity contribution in [3.63, 3.8) is 0 Å². The van der Waals surface area contributed by atoms with Crippen LogP contribution in [0, 0.1) is 5.92 Å². The SMILES string of the molecule is CCCCCC1CCC(c2ccccc2)=C(C=O)C1. The summed E-state index contributed by atoms with van der Waals surface area (Å²) < 4.78 is 0. The summed E-state index contributed by atoms with van der Waals surface area (Å²) >= 11 is 0. The van der Waals surface area contributed by atoms with Gasteiger partial charge in [0.05, 0.1) is 0 Å². The molecule has 0 bridgehead atoms. The van der Waals surface area contributed by atoms with E-state index in [-0.39, 0.29) is 0 Å². The molecule has 1 aromatic rings. The van der Waals surface area contributed by atoms with Crippen LogP contribution >= 0.6 is 0 Å². The second-order valence-corrected chi connectivity index (χ2v) is 5.59. The number of carbonyl (C=O) groups excluding carboxylic acids is 1. The number of hydrogen-bond acceptors (Lipinski definition) is 1. The lowest BCUT2D eigenvalue weighted by atomic mass is 9.79. The molecule has 1 aromatic carbocycles. The van der Waals surface area contributed by atoms with Crippen molar-refractivity contribution in [1.82, 2.24) is 0 Å². The molecular formula is C18H24O. The molecule has 1 heteroatoms. The molecule has 1 aliphatic rings. The molecule has 0 N–H and O–H groups in total. The molecule has 0 amide bonds. The van der Waals surface area contributed by atoms with Crippen molar-refractivity contribution in [3.05, 3.63) is 41.5 Å². The summed E-state index contributed by atoms with van der Waals surface area (Å²) in [6.07, 6.45) is 9.58. The minimum Gasteiger partial charge on any atom is -0.298 e. The number of hydrogen-bond donors (Lipinski definition) is 0. The van der Waals surface area contributed by atoms with Crippen LogP contribution in [-0.2, 0) is 4.79 Å². The summed E-state index contributed by atoms with van der Waals surface area (Å²) in [6.45, 7) is 2.24. The molecule has 1 atom stereocenters. The van der Waals surface area contributed by atoms with Gasteiger partial charge in [-0.25, -0.2) is 0 Å². The highest BCUT2D eigenvalue weighted by Gasteiger charge is 2.21. The fraction of sp³-hybridized carbons (Fsp3) is 0.500. The van der Waals surface area contributed by atoms with Gasteiger partial charge in [-0.1, -0.05) is 62.9 Å². The third kappa shape index (κ3) is 3.79. The predicted molar refractivity (Wildman–Crippen MR) is 80.9 cm³/mol. The highest BCUT2D eigenvalue weighted by molar-refractivity contribution is 5.88. The van der Waals surface area contributed by atoms with Crippen molar-refractivity contribution < 1.29 is 4.79 Å². The predicted octanol–water partition coefficient (Wildman–Crippen LogP) is 5.02. The quantitative estimate of drug-likeness (QED) is 0.516. The molecule has 102 valence electrons. The Morgan fingerprint density at radius 1 is 1.21 bits per heavy atom. The summed E-state index contributed by atoms with van der Waals surface area (Å²) in [5.74, 6) is 0.721. The molecule has 0 spiro atoms. The van der Waals surface area contributed by atoms with Crippen molar-refractivity contribution >= 4 is 11.9 Å². The van der Waals surface area contributed by atoms with Crippen molar-refractivity contribution in [3.8, 4) is 0 Å². The summed E-state index contributed by atoms with van der Waals surface area (Å²) in [5, 5.41) is 0. The van der Waals surface area contributed by atoms with E-state index in [1.54, 1.807) is 0 Å². The van der Waals surface area contributed by atoms with Gasteiger partial charge in [0, 0.05) is 0 Å². The molecule has 0 saturated carbocycles. The molecule has 0 saturated heterocycles. The van der Waals surface area contributed by atoms with Gasteiger partial charge < -0.3 is 0 Å². The van der Waals surface area contributed by atoms with Gasteiger partial charge in [0.1, 0.15) is 6.29 Å². The number of rotatable bonds is 6. The smallest absolute Gasteiger partial charge is 0.146 e. The molecule has 1 unspecified atom stereocenters. The summed E-state index contributed by atoms with van der Waals surface area (Å²) in [5.41, 5.74) is 3.55. The van der Waals surface area contributed by atoms with Crippen LogP contribution < -0.4 is 0 Å². The van der Waals surface area contributed by atoms with E-state index in [4.69, 9.17) is 0 Å². The molecule has 0 fully saturated rings. The first-order chi connectivity index (χ1) is 9.35. The number of allylic oxidation sites excluding steroid dienone is 2. The number of carbonyl (C=O) groups is 1. The van der Waals surface area contributed by atoms with Crippen LogP contribution in [-0.4, -0.2) is 6.29 Å².